The molecule has 120 valence electrons. The van der Waals surface area contributed by atoms with Crippen molar-refractivity contribution in [3.05, 3.63) is 0 Å². The van der Waals surface area contributed by atoms with Gasteiger partial charge in [-0.15, -0.1) is 0 Å². The fourth-order valence-electron chi connectivity index (χ4n) is 1.75. The van der Waals surface area contributed by atoms with Gasteiger partial charge in [-0.3, -0.25) is 0 Å². The minimum Gasteiger partial charge on any atom is -0.314 e. The van der Waals surface area contributed by atoms with Gasteiger partial charge in [0, 0.05) is 25.7 Å². The first-order valence-electron chi connectivity index (χ1n) is 6.64. The van der Waals surface area contributed by atoms with E-state index >= 15 is 0 Å². The van der Waals surface area contributed by atoms with Gasteiger partial charge in [0.25, 0.3) is 10.2 Å². The van der Waals surface area contributed by atoms with Crippen LogP contribution in [0.2, 0.25) is 0 Å². The fourth-order valence-corrected chi connectivity index (χ4v) is 2.89. The molecule has 1 rings (SSSR count). The SMILES string of the molecule is CC(CC(F)(F)F)NS(=O)(=O)N(C)CCCNC1CC1. The van der Waals surface area contributed by atoms with Gasteiger partial charge in [-0.25, -0.2) is 0 Å². The molecule has 9 heteroatoms. The molecule has 0 aromatic rings. The first kappa shape index (κ1) is 17.7. The highest BCUT2D eigenvalue weighted by Crippen LogP contribution is 2.21. The molecule has 0 bridgehead atoms. The average molecular weight is 317 g/mol. The quantitative estimate of drug-likeness (QED) is 0.629. The zero-order valence-electron chi connectivity index (χ0n) is 11.7. The molecule has 1 saturated carbocycles. The maximum absolute atomic E-state index is 12.2. The zero-order valence-corrected chi connectivity index (χ0v) is 12.5. The highest BCUT2D eigenvalue weighted by Gasteiger charge is 2.32. The summed E-state index contributed by atoms with van der Waals surface area (Å²) in [5.74, 6) is 0. The van der Waals surface area contributed by atoms with E-state index < -0.39 is 28.8 Å². The molecule has 1 aliphatic carbocycles. The van der Waals surface area contributed by atoms with Gasteiger partial charge in [0.1, 0.15) is 0 Å². The van der Waals surface area contributed by atoms with Crippen molar-refractivity contribution >= 4 is 10.2 Å². The van der Waals surface area contributed by atoms with Crippen molar-refractivity contribution in [3.63, 3.8) is 0 Å². The van der Waals surface area contributed by atoms with E-state index in [1.807, 2.05) is 4.72 Å². The molecule has 0 aliphatic heterocycles. The summed E-state index contributed by atoms with van der Waals surface area (Å²) < 4.78 is 63.1. The van der Waals surface area contributed by atoms with Crippen LogP contribution in [0.3, 0.4) is 0 Å². The molecule has 0 amide bonds. The normalized spacial score (nSPS) is 18.5. The van der Waals surface area contributed by atoms with Crippen LogP contribution in [0, 0.1) is 0 Å². The Bertz CT molecular complexity index is 396. The Balaban J connectivity index is 2.29. The second-order valence-corrected chi connectivity index (χ2v) is 7.06. The molecule has 1 fully saturated rings. The number of halogens is 3. The van der Waals surface area contributed by atoms with Gasteiger partial charge < -0.3 is 5.32 Å². The first-order chi connectivity index (χ1) is 9.10. The standard InChI is InChI=1S/C11H22F3N3O2S/c1-9(8-11(12,13)14)16-20(18,19)17(2)7-3-6-15-10-4-5-10/h9-10,15-16H,3-8H2,1-2H3. The lowest BCUT2D eigenvalue weighted by atomic mass is 10.2. The van der Waals surface area contributed by atoms with Crippen LogP contribution >= 0.6 is 0 Å². The molecule has 0 aromatic heterocycles. The second kappa shape index (κ2) is 7.06. The largest absolute Gasteiger partial charge is 0.390 e. The lowest BCUT2D eigenvalue weighted by Crippen LogP contribution is -2.44. The number of nitrogens with zero attached hydrogens (tertiary/aromatic N) is 1. The van der Waals surface area contributed by atoms with E-state index in [0.29, 0.717) is 19.0 Å². The molecule has 0 saturated heterocycles. The smallest absolute Gasteiger partial charge is 0.314 e. The highest BCUT2D eigenvalue weighted by molar-refractivity contribution is 7.87. The van der Waals surface area contributed by atoms with Gasteiger partial charge in [0.15, 0.2) is 0 Å². The van der Waals surface area contributed by atoms with E-state index in [-0.39, 0.29) is 6.54 Å². The number of hydrogen-bond acceptors (Lipinski definition) is 3. The average Bonchev–Trinajstić information content (AvgIpc) is 3.03. The Hall–Kier alpha value is -0.380. The van der Waals surface area contributed by atoms with Crippen molar-refractivity contribution in [1.82, 2.24) is 14.3 Å². The number of hydrogen-bond donors (Lipinski definition) is 2. The molecule has 0 heterocycles. The maximum atomic E-state index is 12.2. The lowest BCUT2D eigenvalue weighted by Gasteiger charge is -2.21. The molecule has 1 aliphatic rings. The summed E-state index contributed by atoms with van der Waals surface area (Å²) in [6.45, 7) is 2.18. The Morgan fingerprint density at radius 2 is 1.95 bits per heavy atom. The van der Waals surface area contributed by atoms with Crippen molar-refractivity contribution in [2.45, 2.75) is 50.9 Å². The molecule has 5 nitrogen and oxygen atoms in total. The number of nitrogens with one attached hydrogen (secondary N) is 2. The summed E-state index contributed by atoms with van der Waals surface area (Å²) in [7, 11) is -2.50. The fraction of sp³-hybridized carbons (Fsp3) is 1.00. The molecule has 1 atom stereocenters. The van der Waals surface area contributed by atoms with E-state index in [1.54, 1.807) is 0 Å². The highest BCUT2D eigenvalue weighted by atomic mass is 32.2. The van der Waals surface area contributed by atoms with Crippen molar-refractivity contribution < 1.29 is 21.6 Å². The van der Waals surface area contributed by atoms with Crippen LogP contribution in [0.25, 0.3) is 0 Å². The van der Waals surface area contributed by atoms with Crippen LogP contribution in [0.1, 0.15) is 32.6 Å². The third-order valence-corrected chi connectivity index (χ3v) is 4.66. The summed E-state index contributed by atoms with van der Waals surface area (Å²) in [6.07, 6.45) is -2.62. The predicted octanol–water partition coefficient (Wildman–Crippen LogP) is 1.24. The van der Waals surface area contributed by atoms with Gasteiger partial charge in [-0.2, -0.15) is 30.6 Å². The topological polar surface area (TPSA) is 61.4 Å². The third kappa shape index (κ3) is 7.41. The summed E-state index contributed by atoms with van der Waals surface area (Å²) in [4.78, 5) is 0. The van der Waals surface area contributed by atoms with Crippen molar-refractivity contribution in [1.29, 1.82) is 0 Å². The van der Waals surface area contributed by atoms with Crippen LogP contribution in [0.15, 0.2) is 0 Å². The van der Waals surface area contributed by atoms with Gasteiger partial charge in [-0.1, -0.05) is 0 Å². The van der Waals surface area contributed by atoms with Gasteiger partial charge in [0.05, 0.1) is 6.42 Å². The van der Waals surface area contributed by atoms with Crippen molar-refractivity contribution in [2.24, 2.45) is 0 Å². The summed E-state index contributed by atoms with van der Waals surface area (Å²) in [5.41, 5.74) is 0. The molecule has 0 spiro atoms. The monoisotopic (exact) mass is 317 g/mol. The summed E-state index contributed by atoms with van der Waals surface area (Å²) in [6, 6.07) is -0.617. The van der Waals surface area contributed by atoms with Gasteiger partial charge in [0.2, 0.25) is 0 Å². The van der Waals surface area contributed by atoms with Crippen LogP contribution < -0.4 is 10.0 Å². The van der Waals surface area contributed by atoms with E-state index in [1.165, 1.54) is 14.0 Å². The lowest BCUT2D eigenvalue weighted by molar-refractivity contribution is -0.137. The molecule has 0 radical (unpaired) electrons. The van der Waals surface area contributed by atoms with Gasteiger partial charge in [-0.05, 0) is 32.7 Å². The van der Waals surface area contributed by atoms with Crippen LogP contribution in [-0.4, -0.2) is 51.1 Å². The third-order valence-electron chi connectivity index (χ3n) is 2.96. The van der Waals surface area contributed by atoms with E-state index in [2.05, 4.69) is 5.32 Å². The van der Waals surface area contributed by atoms with Crippen LogP contribution in [-0.2, 0) is 10.2 Å². The minimum atomic E-state index is -4.38. The first-order valence-corrected chi connectivity index (χ1v) is 8.08. The predicted molar refractivity (Wildman–Crippen MR) is 70.5 cm³/mol. The Morgan fingerprint density at radius 3 is 2.45 bits per heavy atom. The van der Waals surface area contributed by atoms with Crippen LogP contribution in [0.5, 0.6) is 0 Å². The van der Waals surface area contributed by atoms with E-state index in [4.69, 9.17) is 0 Å². The Kier molecular flexibility index (Phi) is 6.24. The van der Waals surface area contributed by atoms with E-state index in [9.17, 15) is 21.6 Å². The Morgan fingerprint density at radius 1 is 1.35 bits per heavy atom. The van der Waals surface area contributed by atoms with Crippen molar-refractivity contribution in [2.75, 3.05) is 20.1 Å². The summed E-state index contributed by atoms with van der Waals surface area (Å²) >= 11 is 0. The molecular formula is C11H22F3N3O2S. The Labute approximate surface area is 118 Å². The number of alkyl halides is 3. The minimum absolute atomic E-state index is 0.272. The van der Waals surface area contributed by atoms with Crippen molar-refractivity contribution in [3.8, 4) is 0 Å². The number of rotatable bonds is 9. The molecule has 1 unspecified atom stereocenters. The second-order valence-electron chi connectivity index (χ2n) is 5.25. The van der Waals surface area contributed by atoms with Gasteiger partial charge >= 0.3 is 6.18 Å². The molecular weight excluding hydrogens is 295 g/mol. The molecule has 2 N–H and O–H groups in total. The van der Waals surface area contributed by atoms with Crippen LogP contribution in [0.4, 0.5) is 13.2 Å². The van der Waals surface area contributed by atoms with E-state index in [0.717, 1.165) is 17.1 Å². The molecule has 20 heavy (non-hydrogen) atoms. The zero-order chi connectivity index (χ0) is 15.4. The maximum Gasteiger partial charge on any atom is 0.390 e. The summed E-state index contributed by atoms with van der Waals surface area (Å²) in [5, 5.41) is 3.24. The molecule has 0 aromatic carbocycles.